The van der Waals surface area contributed by atoms with E-state index in [1.54, 1.807) is 0 Å². The molecule has 0 spiro atoms. The molecule has 4 nitrogen and oxygen atoms in total. The molecule has 1 aliphatic carbocycles. The first kappa shape index (κ1) is 18.0. The van der Waals surface area contributed by atoms with E-state index in [9.17, 15) is 4.79 Å². The summed E-state index contributed by atoms with van der Waals surface area (Å²) in [7, 11) is 0. The van der Waals surface area contributed by atoms with E-state index in [4.69, 9.17) is 10.5 Å². The fourth-order valence-corrected chi connectivity index (χ4v) is 3.02. The molecule has 1 atom stereocenters. The Morgan fingerprint density at radius 1 is 1.22 bits per heavy atom. The van der Waals surface area contributed by atoms with Crippen LogP contribution in [0.2, 0.25) is 0 Å². The number of benzene rings is 1. The standard InChI is InChI=1S/C19H30N2O2/c1-14(2)11-18(19(22)23-17-5-3-4-6-17)21-13-16-9-7-15(12-20)8-10-16/h7-10,14,17-18,21H,3-6,11-13,20H2,1-2H3/t18-/m0/s1. The van der Waals surface area contributed by atoms with Crippen molar-refractivity contribution in [2.24, 2.45) is 11.7 Å². The van der Waals surface area contributed by atoms with Crippen molar-refractivity contribution in [2.45, 2.75) is 71.2 Å². The summed E-state index contributed by atoms with van der Waals surface area (Å²) in [5.74, 6) is 0.354. The molecule has 0 radical (unpaired) electrons. The highest BCUT2D eigenvalue weighted by Gasteiger charge is 2.25. The minimum atomic E-state index is -0.232. The van der Waals surface area contributed by atoms with E-state index in [2.05, 4.69) is 31.3 Å². The van der Waals surface area contributed by atoms with Gasteiger partial charge in [-0.2, -0.15) is 0 Å². The predicted octanol–water partition coefficient (Wildman–Crippen LogP) is 3.14. The average molecular weight is 318 g/mol. The zero-order valence-electron chi connectivity index (χ0n) is 14.4. The third-order valence-corrected chi connectivity index (χ3v) is 4.39. The number of nitrogens with one attached hydrogen (secondary N) is 1. The summed E-state index contributed by atoms with van der Waals surface area (Å²) in [6.07, 6.45) is 5.30. The summed E-state index contributed by atoms with van der Waals surface area (Å²) in [6.45, 7) is 5.49. The Morgan fingerprint density at radius 2 is 1.83 bits per heavy atom. The van der Waals surface area contributed by atoms with Gasteiger partial charge in [-0.3, -0.25) is 4.79 Å². The lowest BCUT2D eigenvalue weighted by molar-refractivity contribution is -0.151. The first-order valence-corrected chi connectivity index (χ1v) is 8.80. The van der Waals surface area contributed by atoms with E-state index in [1.807, 2.05) is 12.1 Å². The van der Waals surface area contributed by atoms with Gasteiger partial charge in [0, 0.05) is 13.1 Å². The molecule has 0 unspecified atom stereocenters. The largest absolute Gasteiger partial charge is 0.461 e. The molecule has 0 aliphatic heterocycles. The number of nitrogens with two attached hydrogens (primary N) is 1. The molecule has 3 N–H and O–H groups in total. The molecular formula is C19H30N2O2. The van der Waals surface area contributed by atoms with Crippen LogP contribution in [0.5, 0.6) is 0 Å². The number of esters is 1. The van der Waals surface area contributed by atoms with E-state index < -0.39 is 0 Å². The van der Waals surface area contributed by atoms with Gasteiger partial charge in [0.1, 0.15) is 12.1 Å². The molecule has 1 fully saturated rings. The smallest absolute Gasteiger partial charge is 0.323 e. The van der Waals surface area contributed by atoms with Crippen LogP contribution in [0.15, 0.2) is 24.3 Å². The van der Waals surface area contributed by atoms with E-state index in [0.29, 0.717) is 19.0 Å². The zero-order chi connectivity index (χ0) is 16.7. The van der Waals surface area contributed by atoms with Gasteiger partial charge in [0.25, 0.3) is 0 Å². The Kier molecular flexibility index (Phi) is 7.06. The van der Waals surface area contributed by atoms with Gasteiger partial charge in [-0.1, -0.05) is 38.1 Å². The average Bonchev–Trinajstić information content (AvgIpc) is 3.04. The zero-order valence-corrected chi connectivity index (χ0v) is 14.4. The van der Waals surface area contributed by atoms with Crippen LogP contribution in [-0.2, 0) is 22.6 Å². The summed E-state index contributed by atoms with van der Waals surface area (Å²) < 4.78 is 5.68. The maximum atomic E-state index is 12.5. The van der Waals surface area contributed by atoms with Crippen molar-refractivity contribution in [1.82, 2.24) is 5.32 Å². The SMILES string of the molecule is CC(C)C[C@H](NCc1ccc(CN)cc1)C(=O)OC1CCCC1. The number of carbonyl (C=O) groups excluding carboxylic acids is 1. The maximum absolute atomic E-state index is 12.5. The van der Waals surface area contributed by atoms with Crippen LogP contribution in [0.25, 0.3) is 0 Å². The molecule has 23 heavy (non-hydrogen) atoms. The quantitative estimate of drug-likeness (QED) is 0.723. The lowest BCUT2D eigenvalue weighted by atomic mass is 10.0. The molecule has 1 saturated carbocycles. The van der Waals surface area contributed by atoms with Gasteiger partial charge < -0.3 is 15.8 Å². The molecule has 2 rings (SSSR count). The third kappa shape index (κ3) is 5.96. The van der Waals surface area contributed by atoms with Gasteiger partial charge >= 0.3 is 5.97 Å². The van der Waals surface area contributed by atoms with Crippen molar-refractivity contribution < 1.29 is 9.53 Å². The minimum Gasteiger partial charge on any atom is -0.461 e. The van der Waals surface area contributed by atoms with Crippen LogP contribution >= 0.6 is 0 Å². The molecule has 0 amide bonds. The summed E-state index contributed by atoms with van der Waals surface area (Å²) in [4.78, 5) is 12.5. The monoisotopic (exact) mass is 318 g/mol. The fraction of sp³-hybridized carbons (Fsp3) is 0.632. The molecule has 1 aromatic rings. The van der Waals surface area contributed by atoms with Crippen LogP contribution < -0.4 is 11.1 Å². The lowest BCUT2D eigenvalue weighted by Crippen LogP contribution is -2.40. The van der Waals surface area contributed by atoms with E-state index in [-0.39, 0.29) is 18.1 Å². The molecule has 1 aliphatic rings. The topological polar surface area (TPSA) is 64.3 Å². The maximum Gasteiger partial charge on any atom is 0.323 e. The molecule has 0 aromatic heterocycles. The Bertz CT molecular complexity index is 479. The van der Waals surface area contributed by atoms with Crippen LogP contribution in [0.4, 0.5) is 0 Å². The van der Waals surface area contributed by atoms with Crippen molar-refractivity contribution in [3.05, 3.63) is 35.4 Å². The van der Waals surface area contributed by atoms with Crippen LogP contribution in [0.3, 0.4) is 0 Å². The molecule has 0 bridgehead atoms. The number of hydrogen-bond donors (Lipinski definition) is 2. The number of ether oxygens (including phenoxy) is 1. The van der Waals surface area contributed by atoms with Gasteiger partial charge in [0.05, 0.1) is 0 Å². The Balaban J connectivity index is 1.89. The van der Waals surface area contributed by atoms with Gasteiger partial charge in [0.2, 0.25) is 0 Å². The van der Waals surface area contributed by atoms with Crippen molar-refractivity contribution in [3.63, 3.8) is 0 Å². The first-order chi connectivity index (χ1) is 11.1. The van der Waals surface area contributed by atoms with Crippen molar-refractivity contribution in [2.75, 3.05) is 0 Å². The fourth-order valence-electron chi connectivity index (χ4n) is 3.02. The number of carbonyl (C=O) groups is 1. The van der Waals surface area contributed by atoms with Crippen molar-refractivity contribution in [3.8, 4) is 0 Å². The summed E-state index contributed by atoms with van der Waals surface area (Å²) in [5, 5.41) is 3.37. The molecule has 0 saturated heterocycles. The summed E-state index contributed by atoms with van der Waals surface area (Å²) >= 11 is 0. The highest BCUT2D eigenvalue weighted by molar-refractivity contribution is 5.76. The van der Waals surface area contributed by atoms with Gasteiger partial charge in [-0.25, -0.2) is 0 Å². The summed E-state index contributed by atoms with van der Waals surface area (Å²) in [6, 6.07) is 7.95. The minimum absolute atomic E-state index is 0.0934. The normalized spacial score (nSPS) is 16.7. The van der Waals surface area contributed by atoms with Crippen LogP contribution in [-0.4, -0.2) is 18.1 Å². The molecule has 1 aromatic carbocycles. The molecular weight excluding hydrogens is 288 g/mol. The van der Waals surface area contributed by atoms with Gasteiger partial charge in [-0.15, -0.1) is 0 Å². The highest BCUT2D eigenvalue weighted by Crippen LogP contribution is 2.22. The molecule has 128 valence electrons. The Labute approximate surface area is 139 Å². The molecule has 4 heteroatoms. The Hall–Kier alpha value is -1.39. The van der Waals surface area contributed by atoms with Crippen molar-refractivity contribution in [1.29, 1.82) is 0 Å². The number of hydrogen-bond acceptors (Lipinski definition) is 4. The second-order valence-corrected chi connectivity index (χ2v) is 6.93. The predicted molar refractivity (Wildman–Crippen MR) is 92.8 cm³/mol. The lowest BCUT2D eigenvalue weighted by Gasteiger charge is -2.22. The van der Waals surface area contributed by atoms with Gasteiger partial charge in [0.15, 0.2) is 0 Å². The second-order valence-electron chi connectivity index (χ2n) is 6.93. The van der Waals surface area contributed by atoms with Gasteiger partial charge in [-0.05, 0) is 49.1 Å². The number of rotatable bonds is 8. The van der Waals surface area contributed by atoms with E-state index >= 15 is 0 Å². The Morgan fingerprint density at radius 3 is 2.39 bits per heavy atom. The summed E-state index contributed by atoms with van der Waals surface area (Å²) in [5.41, 5.74) is 7.89. The second kappa shape index (κ2) is 9.04. The highest BCUT2D eigenvalue weighted by atomic mass is 16.5. The van der Waals surface area contributed by atoms with E-state index in [1.165, 1.54) is 12.8 Å². The van der Waals surface area contributed by atoms with E-state index in [0.717, 1.165) is 30.4 Å². The van der Waals surface area contributed by atoms with Crippen molar-refractivity contribution >= 4 is 5.97 Å². The third-order valence-electron chi connectivity index (χ3n) is 4.39. The van der Waals surface area contributed by atoms with Crippen LogP contribution in [0, 0.1) is 5.92 Å². The first-order valence-electron chi connectivity index (χ1n) is 8.80. The van der Waals surface area contributed by atoms with Crippen LogP contribution in [0.1, 0.15) is 57.1 Å². The molecule has 0 heterocycles.